The molecule has 0 aromatic heterocycles. The second-order valence-corrected chi connectivity index (χ2v) is 4.07. The number of nitrogen functional groups attached to an aromatic ring is 2. The minimum absolute atomic E-state index is 0.199. The summed E-state index contributed by atoms with van der Waals surface area (Å²) >= 11 is 0. The van der Waals surface area contributed by atoms with Gasteiger partial charge in [0.1, 0.15) is 5.75 Å². The molecule has 1 aliphatic heterocycles. The summed E-state index contributed by atoms with van der Waals surface area (Å²) < 4.78 is 5.78. The van der Waals surface area contributed by atoms with Crippen LogP contribution in [0.1, 0.15) is 11.8 Å². The van der Waals surface area contributed by atoms with Gasteiger partial charge in [-0.25, -0.2) is 0 Å². The molecule has 0 spiro atoms. The van der Waals surface area contributed by atoms with Gasteiger partial charge in [0.2, 0.25) is 0 Å². The third-order valence-electron chi connectivity index (χ3n) is 2.75. The number of hydrogen-bond donors (Lipinski definition) is 3. The Morgan fingerprint density at radius 2 is 1.82 bits per heavy atom. The highest BCUT2D eigenvalue weighted by Gasteiger charge is 2.23. The molecule has 1 heterocycles. The first kappa shape index (κ1) is 9.84. The van der Waals surface area contributed by atoms with E-state index in [2.05, 4.69) is 5.32 Å². The van der Waals surface area contributed by atoms with Crippen molar-refractivity contribution in [3.05, 3.63) is 48.0 Å². The molecule has 4 heteroatoms. The maximum absolute atomic E-state index is 5.78. The number of ether oxygens (including phenoxy) is 1. The molecule has 1 aliphatic rings. The summed E-state index contributed by atoms with van der Waals surface area (Å²) in [6.07, 6.45) is -0.199. The van der Waals surface area contributed by atoms with Gasteiger partial charge in [-0.05, 0) is 30.3 Å². The molecule has 4 nitrogen and oxygen atoms in total. The molecule has 0 amide bonds. The van der Waals surface area contributed by atoms with Crippen LogP contribution in [0.3, 0.4) is 0 Å². The van der Waals surface area contributed by atoms with Crippen molar-refractivity contribution < 1.29 is 4.74 Å². The number of rotatable bonds is 1. The first-order chi connectivity index (χ1) is 8.22. The highest BCUT2D eigenvalue weighted by atomic mass is 16.5. The standard InChI is InChI=1S/C13H13N3O/c14-9-3-1-2-8(6-9)13-16-11-7-10(15)4-5-12(11)17-13/h1-7,13,16H,14-15H2. The zero-order valence-electron chi connectivity index (χ0n) is 9.18. The minimum Gasteiger partial charge on any atom is -0.464 e. The molecule has 1 unspecified atom stereocenters. The van der Waals surface area contributed by atoms with E-state index in [1.807, 2.05) is 42.5 Å². The Morgan fingerprint density at radius 1 is 1.00 bits per heavy atom. The van der Waals surface area contributed by atoms with Crippen molar-refractivity contribution in [1.82, 2.24) is 0 Å². The number of benzene rings is 2. The number of nitrogens with two attached hydrogens (primary N) is 2. The Labute approximate surface area is 99.2 Å². The van der Waals surface area contributed by atoms with Crippen molar-refractivity contribution in [2.24, 2.45) is 0 Å². The monoisotopic (exact) mass is 227 g/mol. The van der Waals surface area contributed by atoms with Crippen molar-refractivity contribution in [1.29, 1.82) is 0 Å². The van der Waals surface area contributed by atoms with E-state index in [1.165, 1.54) is 0 Å². The van der Waals surface area contributed by atoms with E-state index in [0.29, 0.717) is 5.69 Å². The fraction of sp³-hybridized carbons (Fsp3) is 0.0769. The molecule has 0 saturated carbocycles. The predicted molar refractivity (Wildman–Crippen MR) is 68.7 cm³/mol. The van der Waals surface area contributed by atoms with Gasteiger partial charge in [0.15, 0.2) is 6.23 Å². The summed E-state index contributed by atoms with van der Waals surface area (Å²) in [5.41, 5.74) is 14.8. The summed E-state index contributed by atoms with van der Waals surface area (Å²) in [6.45, 7) is 0. The fourth-order valence-electron chi connectivity index (χ4n) is 1.93. The SMILES string of the molecule is Nc1cccc(C2Nc3cc(N)ccc3O2)c1. The number of fused-ring (bicyclic) bond motifs is 1. The van der Waals surface area contributed by atoms with Gasteiger partial charge in [-0.1, -0.05) is 12.1 Å². The van der Waals surface area contributed by atoms with Crippen LogP contribution in [0.25, 0.3) is 0 Å². The van der Waals surface area contributed by atoms with E-state index < -0.39 is 0 Å². The second kappa shape index (κ2) is 3.59. The van der Waals surface area contributed by atoms with Gasteiger partial charge in [0.25, 0.3) is 0 Å². The Balaban J connectivity index is 1.91. The van der Waals surface area contributed by atoms with Gasteiger partial charge in [-0.2, -0.15) is 0 Å². The van der Waals surface area contributed by atoms with Crippen LogP contribution < -0.4 is 21.5 Å². The van der Waals surface area contributed by atoms with Crippen LogP contribution in [0, 0.1) is 0 Å². The Hall–Kier alpha value is -2.36. The average molecular weight is 227 g/mol. The summed E-state index contributed by atoms with van der Waals surface area (Å²) in [7, 11) is 0. The van der Waals surface area contributed by atoms with Crippen molar-refractivity contribution in [3.63, 3.8) is 0 Å². The van der Waals surface area contributed by atoms with Crippen molar-refractivity contribution in [2.75, 3.05) is 16.8 Å². The lowest BCUT2D eigenvalue weighted by Gasteiger charge is -2.11. The van der Waals surface area contributed by atoms with E-state index in [4.69, 9.17) is 16.2 Å². The molecular formula is C13H13N3O. The highest BCUT2D eigenvalue weighted by Crippen LogP contribution is 2.38. The Morgan fingerprint density at radius 3 is 2.65 bits per heavy atom. The zero-order chi connectivity index (χ0) is 11.8. The van der Waals surface area contributed by atoms with Crippen LogP contribution in [-0.4, -0.2) is 0 Å². The first-order valence-electron chi connectivity index (χ1n) is 5.40. The lowest BCUT2D eigenvalue weighted by atomic mass is 10.2. The number of anilines is 3. The van der Waals surface area contributed by atoms with Crippen LogP contribution in [0.5, 0.6) is 5.75 Å². The first-order valence-corrected chi connectivity index (χ1v) is 5.40. The van der Waals surface area contributed by atoms with Crippen LogP contribution in [0.2, 0.25) is 0 Å². The van der Waals surface area contributed by atoms with Gasteiger partial charge in [0, 0.05) is 16.9 Å². The smallest absolute Gasteiger partial charge is 0.196 e. The number of nitrogens with one attached hydrogen (secondary N) is 1. The molecular weight excluding hydrogens is 214 g/mol. The molecule has 0 saturated heterocycles. The van der Waals surface area contributed by atoms with E-state index >= 15 is 0 Å². The highest BCUT2D eigenvalue weighted by molar-refractivity contribution is 5.66. The van der Waals surface area contributed by atoms with Crippen LogP contribution >= 0.6 is 0 Å². The van der Waals surface area contributed by atoms with Gasteiger partial charge in [-0.3, -0.25) is 0 Å². The molecule has 0 radical (unpaired) electrons. The predicted octanol–water partition coefficient (Wildman–Crippen LogP) is 2.35. The number of hydrogen-bond acceptors (Lipinski definition) is 4. The largest absolute Gasteiger partial charge is 0.464 e. The van der Waals surface area contributed by atoms with Crippen molar-refractivity contribution in [2.45, 2.75) is 6.23 Å². The quantitative estimate of drug-likeness (QED) is 0.654. The van der Waals surface area contributed by atoms with Gasteiger partial charge >= 0.3 is 0 Å². The van der Waals surface area contributed by atoms with E-state index in [0.717, 1.165) is 22.7 Å². The van der Waals surface area contributed by atoms with Crippen molar-refractivity contribution >= 4 is 17.1 Å². The third kappa shape index (κ3) is 1.73. The molecule has 5 N–H and O–H groups in total. The third-order valence-corrected chi connectivity index (χ3v) is 2.75. The fourth-order valence-corrected chi connectivity index (χ4v) is 1.93. The average Bonchev–Trinajstić information content (AvgIpc) is 2.72. The maximum Gasteiger partial charge on any atom is 0.196 e. The maximum atomic E-state index is 5.78. The van der Waals surface area contributed by atoms with E-state index in [1.54, 1.807) is 0 Å². The topological polar surface area (TPSA) is 73.3 Å². The zero-order valence-corrected chi connectivity index (χ0v) is 9.18. The lowest BCUT2D eigenvalue weighted by Crippen LogP contribution is -2.10. The van der Waals surface area contributed by atoms with Gasteiger partial charge in [-0.15, -0.1) is 0 Å². The lowest BCUT2D eigenvalue weighted by molar-refractivity contribution is 0.260. The molecule has 2 aromatic carbocycles. The molecule has 1 atom stereocenters. The van der Waals surface area contributed by atoms with E-state index in [9.17, 15) is 0 Å². The Bertz CT molecular complexity index is 568. The Kier molecular flexibility index (Phi) is 2.08. The van der Waals surface area contributed by atoms with Gasteiger partial charge < -0.3 is 21.5 Å². The second-order valence-electron chi connectivity index (χ2n) is 4.07. The van der Waals surface area contributed by atoms with Crippen LogP contribution in [-0.2, 0) is 0 Å². The van der Waals surface area contributed by atoms with Crippen molar-refractivity contribution in [3.8, 4) is 5.75 Å². The van der Waals surface area contributed by atoms with Crippen LogP contribution in [0.15, 0.2) is 42.5 Å². The molecule has 17 heavy (non-hydrogen) atoms. The van der Waals surface area contributed by atoms with E-state index in [-0.39, 0.29) is 6.23 Å². The molecule has 0 aliphatic carbocycles. The summed E-state index contributed by atoms with van der Waals surface area (Å²) in [6, 6.07) is 13.2. The molecule has 0 bridgehead atoms. The molecule has 86 valence electrons. The molecule has 0 fully saturated rings. The normalized spacial score (nSPS) is 17.1. The molecule has 2 aromatic rings. The molecule has 3 rings (SSSR count). The summed E-state index contributed by atoms with van der Waals surface area (Å²) in [5.74, 6) is 0.812. The summed E-state index contributed by atoms with van der Waals surface area (Å²) in [4.78, 5) is 0. The summed E-state index contributed by atoms with van der Waals surface area (Å²) in [5, 5.41) is 3.26. The van der Waals surface area contributed by atoms with Gasteiger partial charge in [0.05, 0.1) is 5.69 Å². The minimum atomic E-state index is -0.199. The van der Waals surface area contributed by atoms with Crippen LogP contribution in [0.4, 0.5) is 17.1 Å².